The Morgan fingerprint density at radius 2 is 2.18 bits per heavy atom. The number of aliphatic hydroxyl groups excluding tert-OH is 1. The van der Waals surface area contributed by atoms with Crippen LogP contribution in [0, 0.1) is 5.92 Å². The van der Waals surface area contributed by atoms with Gasteiger partial charge in [0.1, 0.15) is 10.7 Å². The summed E-state index contributed by atoms with van der Waals surface area (Å²) in [6.07, 6.45) is 4.20. The molecule has 0 saturated heterocycles. The smallest absolute Gasteiger partial charge is 0.213 e. The van der Waals surface area contributed by atoms with E-state index in [1.807, 2.05) is 22.8 Å². The molecular formula is C20H24ClN5O2. The topological polar surface area (TPSA) is 85.1 Å². The summed E-state index contributed by atoms with van der Waals surface area (Å²) < 4.78 is 7.17. The fourth-order valence-electron chi connectivity index (χ4n) is 4.08. The van der Waals surface area contributed by atoms with Gasteiger partial charge in [-0.15, -0.1) is 0 Å². The Bertz CT molecular complexity index is 976. The summed E-state index contributed by atoms with van der Waals surface area (Å²) in [5.74, 6) is 0.980. The van der Waals surface area contributed by atoms with Crippen LogP contribution in [-0.4, -0.2) is 37.8 Å². The molecular weight excluding hydrogens is 378 g/mol. The highest BCUT2D eigenvalue weighted by Crippen LogP contribution is 2.40. The minimum atomic E-state index is -0.388. The summed E-state index contributed by atoms with van der Waals surface area (Å²) in [4.78, 5) is 13.5. The number of ether oxygens (including phenoxy) is 1. The van der Waals surface area contributed by atoms with E-state index in [0.717, 1.165) is 36.2 Å². The van der Waals surface area contributed by atoms with E-state index in [4.69, 9.17) is 16.3 Å². The number of methoxy groups -OCH3 is 1. The average Bonchev–Trinajstić information content (AvgIpc) is 3.28. The molecule has 148 valence electrons. The molecule has 1 unspecified atom stereocenters. The highest BCUT2D eigenvalue weighted by molar-refractivity contribution is 6.30. The first-order valence-corrected chi connectivity index (χ1v) is 9.93. The van der Waals surface area contributed by atoms with Crippen LogP contribution >= 0.6 is 11.6 Å². The first-order chi connectivity index (χ1) is 13.6. The molecule has 8 heteroatoms. The van der Waals surface area contributed by atoms with Gasteiger partial charge < -0.3 is 19.7 Å². The summed E-state index contributed by atoms with van der Waals surface area (Å²) in [7, 11) is 1.60. The Hall–Kier alpha value is -2.38. The zero-order valence-electron chi connectivity index (χ0n) is 16.0. The van der Waals surface area contributed by atoms with Crippen molar-refractivity contribution in [2.24, 2.45) is 5.92 Å². The van der Waals surface area contributed by atoms with Crippen molar-refractivity contribution in [3.63, 3.8) is 0 Å². The van der Waals surface area contributed by atoms with Crippen molar-refractivity contribution in [2.75, 3.05) is 12.4 Å². The van der Waals surface area contributed by atoms with Gasteiger partial charge in [0, 0.05) is 12.1 Å². The zero-order valence-corrected chi connectivity index (χ0v) is 16.7. The fraction of sp³-hybridized carbons (Fsp3) is 0.450. The maximum atomic E-state index is 10.5. The molecule has 0 aromatic carbocycles. The Kier molecular flexibility index (Phi) is 5.37. The van der Waals surface area contributed by atoms with Crippen molar-refractivity contribution in [3.05, 3.63) is 41.4 Å². The van der Waals surface area contributed by atoms with Gasteiger partial charge in [-0.1, -0.05) is 31.0 Å². The maximum Gasteiger partial charge on any atom is 0.213 e. The zero-order chi connectivity index (χ0) is 19.7. The number of anilines is 1. The van der Waals surface area contributed by atoms with Crippen molar-refractivity contribution in [1.29, 1.82) is 0 Å². The first-order valence-electron chi connectivity index (χ1n) is 9.55. The minimum Gasteiger partial charge on any atom is -0.481 e. The highest BCUT2D eigenvalue weighted by Gasteiger charge is 2.36. The molecule has 1 fully saturated rings. The normalized spacial score (nSPS) is 21.9. The number of aromatic nitrogens is 4. The lowest BCUT2D eigenvalue weighted by molar-refractivity contribution is 0.123. The first kappa shape index (κ1) is 19.0. The predicted molar refractivity (Wildman–Crippen MR) is 109 cm³/mol. The molecule has 0 amide bonds. The van der Waals surface area contributed by atoms with Crippen LogP contribution in [0.4, 0.5) is 5.69 Å². The second-order valence-electron chi connectivity index (χ2n) is 7.15. The summed E-state index contributed by atoms with van der Waals surface area (Å²) in [5, 5.41) is 14.3. The number of hydrogen-bond donors (Lipinski definition) is 2. The molecule has 4 rings (SSSR count). The molecule has 1 aliphatic carbocycles. The maximum absolute atomic E-state index is 10.5. The van der Waals surface area contributed by atoms with E-state index < -0.39 is 0 Å². The lowest BCUT2D eigenvalue weighted by Gasteiger charge is -2.23. The van der Waals surface area contributed by atoms with Gasteiger partial charge in [-0.2, -0.15) is 0 Å². The van der Waals surface area contributed by atoms with Crippen molar-refractivity contribution in [2.45, 2.75) is 44.9 Å². The van der Waals surface area contributed by atoms with Gasteiger partial charge in [-0.25, -0.2) is 15.0 Å². The quantitative estimate of drug-likeness (QED) is 0.611. The number of nitrogens with zero attached hydrogens (tertiary/aromatic N) is 4. The summed E-state index contributed by atoms with van der Waals surface area (Å²) in [6.45, 7) is 2.66. The molecule has 0 radical (unpaired) electrons. The SMILES string of the molecule is CC[C@H]1CC[C@@H](O)C1n1cnc2c(NCc3cccc(OC)n3)cc(Cl)nc21. The summed E-state index contributed by atoms with van der Waals surface area (Å²) >= 11 is 6.31. The monoisotopic (exact) mass is 401 g/mol. The number of imidazole rings is 1. The number of hydrogen-bond acceptors (Lipinski definition) is 6. The number of pyridine rings is 2. The van der Waals surface area contributed by atoms with Crippen LogP contribution < -0.4 is 10.1 Å². The van der Waals surface area contributed by atoms with Gasteiger partial charge in [0.2, 0.25) is 5.88 Å². The molecule has 0 bridgehead atoms. The third-order valence-corrected chi connectivity index (χ3v) is 5.70. The third-order valence-electron chi connectivity index (χ3n) is 5.51. The highest BCUT2D eigenvalue weighted by atomic mass is 35.5. The average molecular weight is 402 g/mol. The minimum absolute atomic E-state index is 0.0196. The molecule has 3 heterocycles. The van der Waals surface area contributed by atoms with Crippen LogP contribution in [0.2, 0.25) is 5.15 Å². The number of rotatable bonds is 6. The van der Waals surface area contributed by atoms with E-state index in [1.165, 1.54) is 0 Å². The van der Waals surface area contributed by atoms with Crippen LogP contribution in [0.5, 0.6) is 5.88 Å². The molecule has 28 heavy (non-hydrogen) atoms. The Morgan fingerprint density at radius 1 is 1.32 bits per heavy atom. The van der Waals surface area contributed by atoms with Crippen LogP contribution in [0.1, 0.15) is 37.9 Å². The van der Waals surface area contributed by atoms with E-state index >= 15 is 0 Å². The lowest BCUT2D eigenvalue weighted by atomic mass is 10.00. The lowest BCUT2D eigenvalue weighted by Crippen LogP contribution is -2.23. The van der Waals surface area contributed by atoms with Gasteiger partial charge in [0.05, 0.1) is 43.5 Å². The van der Waals surface area contributed by atoms with E-state index in [9.17, 15) is 5.11 Å². The van der Waals surface area contributed by atoms with Gasteiger partial charge >= 0.3 is 0 Å². The molecule has 3 aromatic rings. The summed E-state index contributed by atoms with van der Waals surface area (Å²) in [6, 6.07) is 7.38. The Balaban J connectivity index is 1.65. The third kappa shape index (κ3) is 3.52. The van der Waals surface area contributed by atoms with Crippen LogP contribution in [0.3, 0.4) is 0 Å². The van der Waals surface area contributed by atoms with E-state index in [2.05, 4.69) is 27.2 Å². The van der Waals surface area contributed by atoms with E-state index in [-0.39, 0.29) is 12.1 Å². The number of nitrogens with one attached hydrogen (secondary N) is 1. The van der Waals surface area contributed by atoms with Crippen molar-refractivity contribution in [1.82, 2.24) is 19.5 Å². The standard InChI is InChI=1S/C20H24ClN5O2/c1-3-12-7-8-15(27)19(12)26-11-23-18-14(9-16(21)25-20(18)26)22-10-13-5-4-6-17(24-13)28-2/h4-6,9,11-12,15,19,27H,3,7-8,10H2,1-2H3,(H,22,25)/t12-,15+,19?/m0/s1. The van der Waals surface area contributed by atoms with E-state index in [1.54, 1.807) is 19.5 Å². The second-order valence-corrected chi connectivity index (χ2v) is 7.53. The van der Waals surface area contributed by atoms with Gasteiger partial charge in [-0.05, 0) is 24.8 Å². The summed E-state index contributed by atoms with van der Waals surface area (Å²) in [5.41, 5.74) is 3.07. The van der Waals surface area contributed by atoms with Crippen LogP contribution in [0.25, 0.3) is 11.2 Å². The molecule has 3 atom stereocenters. The predicted octanol–water partition coefficient (Wildman–Crippen LogP) is 3.82. The van der Waals surface area contributed by atoms with Crippen molar-refractivity contribution in [3.8, 4) is 5.88 Å². The molecule has 3 aromatic heterocycles. The number of fused-ring (bicyclic) bond motifs is 1. The number of halogens is 1. The molecule has 1 aliphatic rings. The Morgan fingerprint density at radius 3 is 2.96 bits per heavy atom. The molecule has 7 nitrogen and oxygen atoms in total. The van der Waals surface area contributed by atoms with Gasteiger partial charge in [-0.3, -0.25) is 0 Å². The molecule has 2 N–H and O–H groups in total. The van der Waals surface area contributed by atoms with Crippen LogP contribution in [-0.2, 0) is 6.54 Å². The van der Waals surface area contributed by atoms with Crippen LogP contribution in [0.15, 0.2) is 30.6 Å². The molecule has 0 aliphatic heterocycles. The fourth-order valence-corrected chi connectivity index (χ4v) is 4.27. The molecule has 1 saturated carbocycles. The van der Waals surface area contributed by atoms with Crippen molar-refractivity contribution >= 4 is 28.5 Å². The number of aliphatic hydroxyl groups is 1. The largest absolute Gasteiger partial charge is 0.481 e. The van der Waals surface area contributed by atoms with Gasteiger partial charge in [0.15, 0.2) is 5.65 Å². The van der Waals surface area contributed by atoms with Gasteiger partial charge in [0.25, 0.3) is 0 Å². The van der Waals surface area contributed by atoms with Crippen molar-refractivity contribution < 1.29 is 9.84 Å². The Labute approximate surface area is 168 Å². The van der Waals surface area contributed by atoms with E-state index in [0.29, 0.717) is 29.1 Å². The second kappa shape index (κ2) is 7.93. The molecule has 0 spiro atoms.